The largest absolute Gasteiger partial charge is 0.478 e. The van der Waals surface area contributed by atoms with E-state index in [1.807, 2.05) is 28.3 Å². The molecule has 11 heteroatoms. The third-order valence-electron chi connectivity index (χ3n) is 5.91. The van der Waals surface area contributed by atoms with Crippen LogP contribution in [0.5, 0.6) is 0 Å². The molecular weight excluding hydrogens is 479 g/mol. The summed E-state index contributed by atoms with van der Waals surface area (Å²) in [6.45, 7) is 3.98. The molecule has 0 bridgehead atoms. The summed E-state index contributed by atoms with van der Waals surface area (Å²) in [5.74, 6) is -0.0884. The molecule has 188 valence electrons. The van der Waals surface area contributed by atoms with Crippen molar-refractivity contribution in [3.63, 3.8) is 0 Å². The molecule has 1 saturated heterocycles. The number of aromatic carboxylic acids is 1. The number of aromatic nitrogens is 3. The van der Waals surface area contributed by atoms with Crippen molar-refractivity contribution in [1.82, 2.24) is 19.7 Å². The lowest BCUT2D eigenvalue weighted by molar-refractivity contribution is -0.148. The number of pyridine rings is 1. The van der Waals surface area contributed by atoms with Gasteiger partial charge in [0, 0.05) is 41.5 Å². The smallest absolute Gasteiger partial charge is 0.401 e. The van der Waals surface area contributed by atoms with Crippen molar-refractivity contribution in [1.29, 1.82) is 0 Å². The Bertz CT molecular complexity index is 1150. The van der Waals surface area contributed by atoms with Gasteiger partial charge < -0.3 is 10.4 Å². The molecule has 1 aliphatic heterocycles. The molecule has 0 radical (unpaired) electrons. The van der Waals surface area contributed by atoms with Crippen LogP contribution in [0.15, 0.2) is 35.8 Å². The summed E-state index contributed by atoms with van der Waals surface area (Å²) in [4.78, 5) is 18.7. The van der Waals surface area contributed by atoms with Gasteiger partial charge in [-0.2, -0.15) is 18.3 Å². The molecular formula is C24H28F3N5O2S. The zero-order valence-corrected chi connectivity index (χ0v) is 20.4. The van der Waals surface area contributed by atoms with Crippen molar-refractivity contribution in [2.24, 2.45) is 5.92 Å². The molecule has 0 aliphatic carbocycles. The highest BCUT2D eigenvalue weighted by Crippen LogP contribution is 2.31. The predicted octanol–water partition coefficient (Wildman–Crippen LogP) is 5.85. The normalized spacial score (nSPS) is 15.6. The van der Waals surface area contributed by atoms with Gasteiger partial charge in [0.1, 0.15) is 11.4 Å². The highest BCUT2D eigenvalue weighted by atomic mass is 32.1. The molecule has 4 rings (SSSR count). The third kappa shape index (κ3) is 6.40. The second kappa shape index (κ2) is 10.4. The van der Waals surface area contributed by atoms with Crippen LogP contribution in [0.3, 0.4) is 0 Å². The van der Waals surface area contributed by atoms with Crippen LogP contribution in [0, 0.1) is 5.92 Å². The van der Waals surface area contributed by atoms with Crippen molar-refractivity contribution >= 4 is 28.9 Å². The number of thiophene rings is 1. The van der Waals surface area contributed by atoms with Gasteiger partial charge in [0.2, 0.25) is 0 Å². The van der Waals surface area contributed by atoms with Crippen molar-refractivity contribution in [2.45, 2.75) is 45.3 Å². The fourth-order valence-electron chi connectivity index (χ4n) is 4.38. The van der Waals surface area contributed by atoms with E-state index in [4.69, 9.17) is 0 Å². The number of likely N-dealkylation sites (tertiary alicyclic amines) is 1. The highest BCUT2D eigenvalue weighted by Gasteiger charge is 2.33. The number of rotatable bonds is 8. The Labute approximate surface area is 205 Å². The topological polar surface area (TPSA) is 83.3 Å². The first-order valence-corrected chi connectivity index (χ1v) is 12.4. The van der Waals surface area contributed by atoms with Gasteiger partial charge >= 0.3 is 12.1 Å². The van der Waals surface area contributed by atoms with Crippen molar-refractivity contribution < 1.29 is 23.1 Å². The van der Waals surface area contributed by atoms with Gasteiger partial charge in [-0.1, -0.05) is 19.9 Å². The van der Waals surface area contributed by atoms with Gasteiger partial charge in [-0.05, 0) is 42.7 Å². The summed E-state index contributed by atoms with van der Waals surface area (Å²) < 4.78 is 40.2. The lowest BCUT2D eigenvalue weighted by Crippen LogP contribution is -2.40. The van der Waals surface area contributed by atoms with Gasteiger partial charge in [0.15, 0.2) is 5.82 Å². The highest BCUT2D eigenvalue weighted by molar-refractivity contribution is 7.13. The molecule has 35 heavy (non-hydrogen) atoms. The first kappa shape index (κ1) is 25.2. The number of nitrogens with zero attached hydrogens (tertiary/aromatic N) is 4. The number of alkyl halides is 3. The average molecular weight is 508 g/mol. The number of nitrogens with one attached hydrogen (secondary N) is 1. The number of carboxylic acids is 1. The number of piperidine rings is 1. The number of carboxylic acid groups (broad SMARTS) is 1. The quantitative estimate of drug-likeness (QED) is 0.398. The van der Waals surface area contributed by atoms with Crippen molar-refractivity contribution in [2.75, 3.05) is 25.0 Å². The van der Waals surface area contributed by atoms with E-state index < -0.39 is 18.7 Å². The number of halogens is 3. The Morgan fingerprint density at radius 3 is 2.63 bits per heavy atom. The molecule has 0 unspecified atom stereocenters. The SMILES string of the molecule is CC(C)Cc1cc(Nc2ncc(-c3cccs3)cc2C(=O)O)nn1C1CCN(CC(F)(F)F)CC1. The predicted molar refractivity (Wildman–Crippen MR) is 129 cm³/mol. The van der Waals surface area contributed by atoms with E-state index in [-0.39, 0.29) is 17.4 Å². The van der Waals surface area contributed by atoms with Crippen LogP contribution in [0.4, 0.5) is 24.8 Å². The first-order chi connectivity index (χ1) is 16.6. The van der Waals surface area contributed by atoms with Gasteiger partial charge in [-0.25, -0.2) is 9.78 Å². The Balaban J connectivity index is 1.56. The van der Waals surface area contributed by atoms with Crippen molar-refractivity contribution in [3.05, 3.63) is 47.1 Å². The second-order valence-corrected chi connectivity index (χ2v) is 10.2. The van der Waals surface area contributed by atoms with Crippen LogP contribution in [-0.2, 0) is 6.42 Å². The molecule has 3 aromatic heterocycles. The minimum atomic E-state index is -4.20. The van der Waals surface area contributed by atoms with Gasteiger partial charge in [-0.15, -0.1) is 11.3 Å². The van der Waals surface area contributed by atoms with Gasteiger partial charge in [0.25, 0.3) is 0 Å². The number of hydrogen-bond acceptors (Lipinski definition) is 6. The average Bonchev–Trinajstić information content (AvgIpc) is 3.43. The number of anilines is 2. The summed E-state index contributed by atoms with van der Waals surface area (Å²) in [5, 5.41) is 19.4. The summed E-state index contributed by atoms with van der Waals surface area (Å²) in [5.41, 5.74) is 1.72. The Morgan fingerprint density at radius 1 is 1.29 bits per heavy atom. The van der Waals surface area contributed by atoms with E-state index in [2.05, 4.69) is 29.2 Å². The maximum Gasteiger partial charge on any atom is 0.401 e. The third-order valence-corrected chi connectivity index (χ3v) is 6.83. The summed E-state index contributed by atoms with van der Waals surface area (Å²) >= 11 is 1.50. The Hall–Kier alpha value is -2.92. The number of hydrogen-bond donors (Lipinski definition) is 2. The molecule has 0 aromatic carbocycles. The van der Waals surface area contributed by atoms with Crippen LogP contribution < -0.4 is 5.32 Å². The van der Waals surface area contributed by atoms with E-state index in [1.54, 1.807) is 12.3 Å². The van der Waals surface area contributed by atoms with E-state index in [0.29, 0.717) is 37.7 Å². The molecule has 0 atom stereocenters. The van der Waals surface area contributed by atoms with Crippen LogP contribution in [0.2, 0.25) is 0 Å². The lowest BCUT2D eigenvalue weighted by atomic mass is 10.0. The van der Waals surface area contributed by atoms with Crippen LogP contribution >= 0.6 is 11.3 Å². The zero-order valence-electron chi connectivity index (χ0n) is 19.5. The zero-order chi connectivity index (χ0) is 25.2. The fourth-order valence-corrected chi connectivity index (χ4v) is 5.09. The van der Waals surface area contributed by atoms with E-state index in [0.717, 1.165) is 22.6 Å². The standard InChI is InChI=1S/C24H28F3N5O2S/c1-15(2)10-18-12-21(30-32(18)17-5-7-31(8-6-17)14-24(25,26)27)29-22-19(23(33)34)11-16(13-28-22)20-4-3-9-35-20/h3-4,9,11-13,15,17H,5-8,10,14H2,1-2H3,(H,33,34)(H,28,29,30). The lowest BCUT2D eigenvalue weighted by Gasteiger charge is -2.33. The molecule has 1 aliphatic rings. The van der Waals surface area contributed by atoms with Crippen LogP contribution in [0.25, 0.3) is 10.4 Å². The minimum Gasteiger partial charge on any atom is -0.478 e. The molecule has 0 spiro atoms. The van der Waals surface area contributed by atoms with Crippen molar-refractivity contribution in [3.8, 4) is 10.4 Å². The molecule has 4 heterocycles. The van der Waals surface area contributed by atoms with E-state index in [1.165, 1.54) is 16.2 Å². The Morgan fingerprint density at radius 2 is 2.03 bits per heavy atom. The van der Waals surface area contributed by atoms with Gasteiger partial charge in [-0.3, -0.25) is 9.58 Å². The summed E-state index contributed by atoms with van der Waals surface area (Å²) in [7, 11) is 0. The molecule has 7 nitrogen and oxygen atoms in total. The maximum absolute atomic E-state index is 12.8. The fraction of sp³-hybridized carbons (Fsp3) is 0.458. The monoisotopic (exact) mass is 507 g/mol. The minimum absolute atomic E-state index is 0.0168. The molecule has 0 amide bonds. The van der Waals surface area contributed by atoms with Crippen LogP contribution in [-0.4, -0.2) is 56.6 Å². The molecule has 2 N–H and O–H groups in total. The van der Waals surface area contributed by atoms with E-state index in [9.17, 15) is 23.1 Å². The summed E-state index contributed by atoms with van der Waals surface area (Å²) in [6, 6.07) is 7.25. The molecule has 3 aromatic rings. The van der Waals surface area contributed by atoms with E-state index >= 15 is 0 Å². The maximum atomic E-state index is 12.8. The first-order valence-electron chi connectivity index (χ1n) is 11.5. The second-order valence-electron chi connectivity index (χ2n) is 9.21. The Kier molecular flexibility index (Phi) is 7.46. The molecule has 0 saturated carbocycles. The summed E-state index contributed by atoms with van der Waals surface area (Å²) in [6.07, 6.45) is -0.698. The number of carbonyl (C=O) groups is 1. The van der Waals surface area contributed by atoms with Crippen LogP contribution in [0.1, 0.15) is 48.8 Å². The molecule has 1 fully saturated rings. The van der Waals surface area contributed by atoms with Gasteiger partial charge in [0.05, 0.1) is 12.6 Å².